The number of benzene rings is 1. The number of fused-ring (bicyclic) bond motifs is 2. The van der Waals surface area contributed by atoms with E-state index in [0.717, 1.165) is 18.4 Å². The maximum absolute atomic E-state index is 12.7. The Morgan fingerprint density at radius 2 is 1.94 bits per heavy atom. The second-order valence-corrected chi connectivity index (χ2v) is 11.1. The first-order valence-corrected chi connectivity index (χ1v) is 12.6. The number of likely N-dealkylation sites (tertiary alicyclic amines) is 1. The number of nitriles is 1. The van der Waals surface area contributed by atoms with E-state index in [1.165, 1.54) is 6.33 Å². The molecule has 2 atom stereocenters. The van der Waals surface area contributed by atoms with E-state index in [1.807, 2.05) is 20.8 Å². The molecule has 0 radical (unpaired) electrons. The van der Waals surface area contributed by atoms with E-state index in [2.05, 4.69) is 21.4 Å². The zero-order valence-corrected chi connectivity index (χ0v) is 21.4. The molecule has 3 fully saturated rings. The molecule has 1 aromatic carbocycles. The minimum atomic E-state index is -0.544. The van der Waals surface area contributed by atoms with Gasteiger partial charge in [-0.1, -0.05) is 11.6 Å². The molecule has 2 bridgehead atoms. The quantitative estimate of drug-likeness (QED) is 0.604. The molecule has 0 spiro atoms. The summed E-state index contributed by atoms with van der Waals surface area (Å²) in [5.74, 6) is 1.54. The summed E-state index contributed by atoms with van der Waals surface area (Å²) in [5, 5.41) is 12.9. The molecule has 3 aliphatic rings. The van der Waals surface area contributed by atoms with Crippen LogP contribution in [0.3, 0.4) is 0 Å². The standard InChI is InChI=1S/C26H30ClN5O4/c1-26(2,3)36-25(33)32-10-17-12-34-13-18(11-32)22(17)35-24-21(16-5-6-16)23(29-14-30-24)31-20-7-4-15(9-28)8-19(20)27/h4,7-8,14,16-18,22H,5-6,10-13H2,1-3H3,(H,29,30,31). The topological polar surface area (TPSA) is 110 Å². The van der Waals surface area contributed by atoms with E-state index in [4.69, 9.17) is 31.1 Å². The maximum atomic E-state index is 12.7. The van der Waals surface area contributed by atoms with Crippen LogP contribution < -0.4 is 10.1 Å². The van der Waals surface area contributed by atoms with Crippen molar-refractivity contribution in [3.8, 4) is 11.9 Å². The third kappa shape index (κ3) is 5.35. The summed E-state index contributed by atoms with van der Waals surface area (Å²) in [6, 6.07) is 7.20. The Morgan fingerprint density at radius 1 is 1.22 bits per heavy atom. The van der Waals surface area contributed by atoms with Gasteiger partial charge < -0.3 is 24.4 Å². The molecule has 1 N–H and O–H groups in total. The Balaban J connectivity index is 1.37. The fourth-order valence-corrected chi connectivity index (χ4v) is 5.05. The highest BCUT2D eigenvalue weighted by Gasteiger charge is 2.45. The van der Waals surface area contributed by atoms with Crippen LogP contribution in [0.2, 0.25) is 5.02 Å². The van der Waals surface area contributed by atoms with Crippen molar-refractivity contribution in [2.45, 2.75) is 51.2 Å². The van der Waals surface area contributed by atoms with Gasteiger partial charge in [0.25, 0.3) is 0 Å². The summed E-state index contributed by atoms with van der Waals surface area (Å²) >= 11 is 6.40. The van der Waals surface area contributed by atoms with Gasteiger partial charge in [0.1, 0.15) is 23.9 Å². The molecule has 1 saturated carbocycles. The van der Waals surface area contributed by atoms with Gasteiger partial charge in [-0.05, 0) is 57.7 Å². The van der Waals surface area contributed by atoms with E-state index in [0.29, 0.717) is 60.2 Å². The van der Waals surface area contributed by atoms with Crippen LogP contribution in [-0.2, 0) is 9.47 Å². The van der Waals surface area contributed by atoms with Crippen molar-refractivity contribution in [2.75, 3.05) is 31.6 Å². The van der Waals surface area contributed by atoms with Gasteiger partial charge in [-0.25, -0.2) is 14.8 Å². The molecule has 10 heteroatoms. The molecule has 3 heterocycles. The summed E-state index contributed by atoms with van der Waals surface area (Å²) < 4.78 is 18.0. The van der Waals surface area contributed by atoms with E-state index in [-0.39, 0.29) is 24.0 Å². The summed E-state index contributed by atoms with van der Waals surface area (Å²) in [4.78, 5) is 23.5. The summed E-state index contributed by atoms with van der Waals surface area (Å²) in [7, 11) is 0. The molecule has 1 amide bonds. The molecule has 9 nitrogen and oxygen atoms in total. The lowest BCUT2D eigenvalue weighted by molar-refractivity contribution is -0.113. The zero-order chi connectivity index (χ0) is 25.4. The molecule has 2 unspecified atom stereocenters. The number of hydrogen-bond donors (Lipinski definition) is 1. The third-order valence-corrected chi connectivity index (χ3v) is 6.90. The normalized spacial score (nSPS) is 23.5. The van der Waals surface area contributed by atoms with Gasteiger partial charge in [0, 0.05) is 24.9 Å². The number of aromatic nitrogens is 2. The number of rotatable bonds is 5. The van der Waals surface area contributed by atoms with Crippen LogP contribution in [-0.4, -0.2) is 59.0 Å². The van der Waals surface area contributed by atoms with Crippen molar-refractivity contribution in [3.63, 3.8) is 0 Å². The average Bonchev–Trinajstić information content (AvgIpc) is 3.64. The van der Waals surface area contributed by atoms with Crippen LogP contribution in [0.15, 0.2) is 24.5 Å². The lowest BCUT2D eigenvalue weighted by atomic mass is 9.84. The smallest absolute Gasteiger partial charge is 0.410 e. The molecule has 2 aromatic rings. The molecule has 190 valence electrons. The van der Waals surface area contributed by atoms with Crippen molar-refractivity contribution in [2.24, 2.45) is 11.8 Å². The lowest BCUT2D eigenvalue weighted by Gasteiger charge is -2.46. The highest BCUT2D eigenvalue weighted by atomic mass is 35.5. The van der Waals surface area contributed by atoms with Crippen LogP contribution in [0.5, 0.6) is 5.88 Å². The van der Waals surface area contributed by atoms with E-state index in [9.17, 15) is 4.79 Å². The van der Waals surface area contributed by atoms with Crippen LogP contribution in [0, 0.1) is 23.2 Å². The highest BCUT2D eigenvalue weighted by Crippen LogP contribution is 2.48. The number of hydrogen-bond acceptors (Lipinski definition) is 8. The number of carbonyl (C=O) groups excluding carboxylic acids is 1. The molecule has 2 aliphatic heterocycles. The first-order valence-electron chi connectivity index (χ1n) is 12.3. The van der Waals surface area contributed by atoms with Gasteiger partial charge in [-0.3, -0.25) is 0 Å². The van der Waals surface area contributed by atoms with Crippen LogP contribution >= 0.6 is 11.6 Å². The predicted octanol–water partition coefficient (Wildman–Crippen LogP) is 4.88. The number of nitrogens with zero attached hydrogens (tertiary/aromatic N) is 4. The van der Waals surface area contributed by atoms with Gasteiger partial charge in [-0.15, -0.1) is 0 Å². The second-order valence-electron chi connectivity index (χ2n) is 10.7. The largest absolute Gasteiger partial charge is 0.473 e. The SMILES string of the molecule is CC(C)(C)OC(=O)N1CC2COCC(C1)C2Oc1ncnc(Nc2ccc(C#N)cc2Cl)c1C1CC1. The van der Waals surface area contributed by atoms with E-state index >= 15 is 0 Å². The number of anilines is 2. The summed E-state index contributed by atoms with van der Waals surface area (Å²) in [5.41, 5.74) is 1.55. The molecule has 1 aliphatic carbocycles. The second kappa shape index (κ2) is 9.75. The average molecular weight is 512 g/mol. The number of piperidine rings is 1. The van der Waals surface area contributed by atoms with Crippen molar-refractivity contribution in [1.82, 2.24) is 14.9 Å². The number of nitrogens with one attached hydrogen (secondary N) is 1. The van der Waals surface area contributed by atoms with Gasteiger partial charge in [0.15, 0.2) is 0 Å². The first kappa shape index (κ1) is 24.6. The van der Waals surface area contributed by atoms with Crippen molar-refractivity contribution in [3.05, 3.63) is 40.7 Å². The molecule has 36 heavy (non-hydrogen) atoms. The minimum Gasteiger partial charge on any atom is -0.473 e. The number of ether oxygens (including phenoxy) is 3. The van der Waals surface area contributed by atoms with Crippen molar-refractivity contribution in [1.29, 1.82) is 5.26 Å². The van der Waals surface area contributed by atoms with Gasteiger partial charge in [-0.2, -0.15) is 5.26 Å². The number of carbonyl (C=O) groups is 1. The lowest BCUT2D eigenvalue weighted by Crippen LogP contribution is -2.59. The van der Waals surface area contributed by atoms with Crippen LogP contribution in [0.25, 0.3) is 0 Å². The van der Waals surface area contributed by atoms with Gasteiger partial charge in [0.2, 0.25) is 5.88 Å². The molecular formula is C26H30ClN5O4. The zero-order valence-electron chi connectivity index (χ0n) is 20.7. The molecule has 2 saturated heterocycles. The van der Waals surface area contributed by atoms with Crippen molar-refractivity contribution >= 4 is 29.2 Å². The van der Waals surface area contributed by atoms with Crippen LogP contribution in [0.4, 0.5) is 16.3 Å². The maximum Gasteiger partial charge on any atom is 0.410 e. The monoisotopic (exact) mass is 511 g/mol. The predicted molar refractivity (Wildman–Crippen MR) is 133 cm³/mol. The van der Waals surface area contributed by atoms with Crippen LogP contribution in [0.1, 0.15) is 50.7 Å². The van der Waals surface area contributed by atoms with E-state index < -0.39 is 5.60 Å². The summed E-state index contributed by atoms with van der Waals surface area (Å²) in [6.07, 6.45) is 3.13. The molecule has 1 aromatic heterocycles. The fraction of sp³-hybridized carbons (Fsp3) is 0.538. The first-order chi connectivity index (χ1) is 17.2. The highest BCUT2D eigenvalue weighted by molar-refractivity contribution is 6.33. The summed E-state index contributed by atoms with van der Waals surface area (Å²) in [6.45, 7) is 7.64. The number of halogens is 1. The minimum absolute atomic E-state index is 0.0106. The van der Waals surface area contributed by atoms with Gasteiger partial charge in [0.05, 0.1) is 41.1 Å². The fourth-order valence-electron chi connectivity index (χ4n) is 4.82. The Kier molecular flexibility index (Phi) is 6.66. The van der Waals surface area contributed by atoms with E-state index in [1.54, 1.807) is 23.1 Å². The molecular weight excluding hydrogens is 482 g/mol. The van der Waals surface area contributed by atoms with Gasteiger partial charge >= 0.3 is 6.09 Å². The third-order valence-electron chi connectivity index (χ3n) is 6.59. The Morgan fingerprint density at radius 3 is 2.56 bits per heavy atom. The Labute approximate surface area is 215 Å². The van der Waals surface area contributed by atoms with Crippen molar-refractivity contribution < 1.29 is 19.0 Å². The Hall–Kier alpha value is -3.09. The molecule has 5 rings (SSSR count). The number of amides is 1. The Bertz CT molecular complexity index is 1180.